The van der Waals surface area contributed by atoms with Crippen molar-refractivity contribution in [2.24, 2.45) is 11.8 Å². The highest BCUT2D eigenvalue weighted by Crippen LogP contribution is 2.60. The van der Waals surface area contributed by atoms with Gasteiger partial charge in [0, 0.05) is 41.5 Å². The molecule has 3 aliphatic carbocycles. The van der Waals surface area contributed by atoms with E-state index in [0.717, 1.165) is 30.6 Å². The molecule has 2 heterocycles. The number of nitrogens with zero attached hydrogens (tertiary/aromatic N) is 3. The van der Waals surface area contributed by atoms with Crippen molar-refractivity contribution in [3.05, 3.63) is 87.7 Å². The SMILES string of the molecule is COCCOc1c2c(c(OC(=O)OC(C)(C)C)c3cc(CN4CCC4)ccc13)C(O)=C1C(=O)[C@]3(O[Si](C)(C)C(C)(C)C)C(=O)c4c(OCc5ccccc5)noc4[C@@H](N(C)C)[C@@H]3C[C@@H]1C2. The van der Waals surface area contributed by atoms with Gasteiger partial charge in [0.2, 0.25) is 11.6 Å². The third kappa shape index (κ3) is 8.39. The number of ketones is 2. The molecule has 0 unspecified atom stereocenters. The van der Waals surface area contributed by atoms with E-state index in [2.05, 4.69) is 30.8 Å². The number of Topliss-reactive ketones (excluding diaryl/α,β-unsaturated/α-hetero) is 2. The van der Waals surface area contributed by atoms with Crippen LogP contribution in [-0.2, 0) is 38.3 Å². The van der Waals surface area contributed by atoms with E-state index in [0.29, 0.717) is 34.4 Å². The van der Waals surface area contributed by atoms with Gasteiger partial charge in [-0.2, -0.15) is 0 Å². The quantitative estimate of drug-likeness (QED) is 0.0445. The van der Waals surface area contributed by atoms with Crippen LogP contribution >= 0.6 is 0 Å². The Morgan fingerprint density at radius 1 is 0.938 bits per heavy atom. The predicted octanol–water partition coefficient (Wildman–Crippen LogP) is 9.24. The number of rotatable bonds is 13. The molecule has 2 fully saturated rings. The first-order valence-corrected chi connectivity index (χ1v) is 25.5. The molecule has 14 nitrogen and oxygen atoms in total. The average Bonchev–Trinajstić information content (AvgIpc) is 3.63. The minimum atomic E-state index is -3.01. The maximum atomic E-state index is 16.2. The minimum Gasteiger partial charge on any atom is -0.507 e. The molecule has 1 aromatic heterocycles. The molecule has 65 heavy (non-hydrogen) atoms. The van der Waals surface area contributed by atoms with Crippen LogP contribution in [0.4, 0.5) is 4.79 Å². The Kier molecular flexibility index (Phi) is 12.4. The third-order valence-corrected chi connectivity index (χ3v) is 18.2. The van der Waals surface area contributed by atoms with Gasteiger partial charge >= 0.3 is 6.16 Å². The molecular formula is C50H63N3O11Si. The van der Waals surface area contributed by atoms with E-state index in [1.165, 1.54) is 0 Å². The minimum absolute atomic E-state index is 0.0259. The lowest BCUT2D eigenvalue weighted by Crippen LogP contribution is -2.68. The molecule has 1 saturated heterocycles. The average molecular weight is 910 g/mol. The van der Waals surface area contributed by atoms with Crippen molar-refractivity contribution < 1.29 is 52.1 Å². The third-order valence-electron chi connectivity index (χ3n) is 13.7. The topological polar surface area (TPSA) is 159 Å². The summed E-state index contributed by atoms with van der Waals surface area (Å²) in [6.45, 7) is 18.6. The fourth-order valence-corrected chi connectivity index (χ4v) is 11.0. The lowest BCUT2D eigenvalue weighted by molar-refractivity contribution is -0.140. The second kappa shape index (κ2) is 17.3. The number of benzene rings is 3. The van der Waals surface area contributed by atoms with Crippen molar-refractivity contribution in [2.45, 2.75) is 109 Å². The molecule has 0 radical (unpaired) electrons. The van der Waals surface area contributed by atoms with E-state index >= 15 is 9.59 Å². The zero-order chi connectivity index (χ0) is 46.8. The van der Waals surface area contributed by atoms with Gasteiger partial charge < -0.3 is 37.7 Å². The maximum absolute atomic E-state index is 16.2. The molecule has 0 bridgehead atoms. The van der Waals surface area contributed by atoms with Crippen molar-refractivity contribution in [3.8, 4) is 17.4 Å². The smallest absolute Gasteiger partial charge is 0.507 e. The van der Waals surface area contributed by atoms with Gasteiger partial charge in [-0.3, -0.25) is 19.4 Å². The summed E-state index contributed by atoms with van der Waals surface area (Å²) in [6, 6.07) is 14.8. The van der Waals surface area contributed by atoms with Crippen molar-refractivity contribution in [2.75, 3.05) is 47.5 Å². The van der Waals surface area contributed by atoms with Gasteiger partial charge in [-0.25, -0.2) is 4.79 Å². The maximum Gasteiger partial charge on any atom is 0.514 e. The standard InChI is InChI=1S/C50H63N3O11Si/c1-48(2,3)62-47(57)61-42-33-24-30(27-53-20-15-21-53)18-19-32(33)41(59-23-22-58-9)34-25-31-26-35-39(52(7)8)43-38(46(51-63-43)60-28-29-16-13-12-14-17-29)45(56)50(35,64-65(10,11)49(4,5)6)44(55)36(31)40(54)37(34)42/h12-14,16-19,24,31,35,39,54H,15,20-23,25-28H2,1-11H3/t31-,35-,39-,50-/m0/s1. The van der Waals surface area contributed by atoms with Crippen LogP contribution < -0.4 is 14.2 Å². The Morgan fingerprint density at radius 2 is 1.66 bits per heavy atom. The summed E-state index contributed by atoms with van der Waals surface area (Å²) < 4.78 is 43.5. The highest BCUT2D eigenvalue weighted by atomic mass is 28.4. The number of methoxy groups -OCH3 is 1. The molecule has 348 valence electrons. The van der Waals surface area contributed by atoms with Crippen molar-refractivity contribution in [3.63, 3.8) is 0 Å². The number of hydrogen-bond acceptors (Lipinski definition) is 14. The van der Waals surface area contributed by atoms with Gasteiger partial charge in [0.25, 0.3) is 5.88 Å². The van der Waals surface area contributed by atoms with Gasteiger partial charge in [0.15, 0.2) is 25.4 Å². The van der Waals surface area contributed by atoms with Crippen LogP contribution in [0.25, 0.3) is 16.5 Å². The second-order valence-electron chi connectivity index (χ2n) is 20.6. The van der Waals surface area contributed by atoms with E-state index < -0.39 is 65.9 Å². The van der Waals surface area contributed by atoms with Crippen LogP contribution in [0.5, 0.6) is 17.4 Å². The largest absolute Gasteiger partial charge is 0.514 e. The molecule has 1 N–H and O–H groups in total. The summed E-state index contributed by atoms with van der Waals surface area (Å²) >= 11 is 0. The van der Waals surface area contributed by atoms with Gasteiger partial charge in [-0.1, -0.05) is 63.2 Å². The molecule has 0 spiro atoms. The first-order chi connectivity index (χ1) is 30.7. The number of hydrogen-bond donors (Lipinski definition) is 1. The normalized spacial score (nSPS) is 22.2. The van der Waals surface area contributed by atoms with Crippen LogP contribution in [-0.4, -0.2) is 105 Å². The van der Waals surface area contributed by atoms with E-state index in [4.69, 9.17) is 32.6 Å². The van der Waals surface area contributed by atoms with Crippen molar-refractivity contribution in [1.29, 1.82) is 0 Å². The van der Waals surface area contributed by atoms with Gasteiger partial charge in [0.1, 0.15) is 35.9 Å². The Balaban J connectivity index is 1.37. The summed E-state index contributed by atoms with van der Waals surface area (Å²) in [5, 5.41) is 18.1. The molecule has 15 heteroatoms. The summed E-state index contributed by atoms with van der Waals surface area (Å²) in [6.07, 6.45) is 0.575. The summed E-state index contributed by atoms with van der Waals surface area (Å²) in [5.41, 5.74) is -0.457. The highest BCUT2D eigenvalue weighted by Gasteiger charge is 2.69. The highest BCUT2D eigenvalue weighted by molar-refractivity contribution is 6.74. The first kappa shape index (κ1) is 46.5. The Labute approximate surface area is 382 Å². The zero-order valence-corrected chi connectivity index (χ0v) is 40.6. The Bertz CT molecular complexity index is 2530. The summed E-state index contributed by atoms with van der Waals surface area (Å²) in [5.74, 6) is -2.31. The van der Waals surface area contributed by atoms with Crippen LogP contribution in [0.2, 0.25) is 18.1 Å². The summed E-state index contributed by atoms with van der Waals surface area (Å²) in [4.78, 5) is 50.0. The second-order valence-corrected chi connectivity index (χ2v) is 25.3. The number of aliphatic hydroxyl groups excluding tert-OH is 1. The number of aromatic nitrogens is 1. The molecule has 1 aliphatic heterocycles. The molecule has 4 atom stereocenters. The first-order valence-electron chi connectivity index (χ1n) is 22.6. The number of fused-ring (bicyclic) bond motifs is 5. The molecule has 8 rings (SSSR count). The fourth-order valence-electron chi connectivity index (χ4n) is 9.56. The molecule has 3 aromatic carbocycles. The van der Waals surface area contributed by atoms with Crippen molar-refractivity contribution in [1.82, 2.24) is 15.0 Å². The van der Waals surface area contributed by atoms with Gasteiger partial charge in [0.05, 0.1) is 18.2 Å². The molecule has 4 aromatic rings. The summed E-state index contributed by atoms with van der Waals surface area (Å²) in [7, 11) is 2.33. The van der Waals surface area contributed by atoms with Crippen LogP contribution in [0, 0.1) is 11.8 Å². The number of aliphatic hydroxyl groups is 1. The number of likely N-dealkylation sites (tertiary alicyclic amines) is 1. The monoisotopic (exact) mass is 909 g/mol. The number of carbonyl (C=O) groups is 3. The molecule has 1 saturated carbocycles. The zero-order valence-electron chi connectivity index (χ0n) is 39.6. The number of ether oxygens (including phenoxy) is 5. The predicted molar refractivity (Wildman–Crippen MR) is 247 cm³/mol. The Morgan fingerprint density at radius 3 is 2.29 bits per heavy atom. The van der Waals surface area contributed by atoms with Crippen LogP contribution in [0.1, 0.15) is 98.8 Å². The number of carbonyl (C=O) groups excluding carboxylic acids is 3. The van der Waals surface area contributed by atoms with Gasteiger partial charge in [-0.15, -0.1) is 0 Å². The van der Waals surface area contributed by atoms with Crippen LogP contribution in [0.3, 0.4) is 0 Å². The Hall–Kier alpha value is -5.06. The van der Waals surface area contributed by atoms with E-state index in [1.54, 1.807) is 27.9 Å². The lowest BCUT2D eigenvalue weighted by atomic mass is 9.57. The molecule has 4 aliphatic rings. The van der Waals surface area contributed by atoms with Crippen molar-refractivity contribution >= 4 is 42.6 Å². The van der Waals surface area contributed by atoms with Gasteiger partial charge in [-0.05, 0) is 114 Å². The fraction of sp³-hybridized carbons (Fsp3) is 0.520. The van der Waals surface area contributed by atoms with Crippen LogP contribution in [0.15, 0.2) is 58.6 Å². The molecule has 0 amide bonds. The van der Waals surface area contributed by atoms with E-state index in [1.807, 2.05) is 80.6 Å². The lowest BCUT2D eigenvalue weighted by Gasteiger charge is -2.55. The van der Waals surface area contributed by atoms with E-state index in [-0.39, 0.29) is 61.0 Å². The van der Waals surface area contributed by atoms with E-state index in [9.17, 15) is 9.90 Å². The molecular weight excluding hydrogens is 847 g/mol.